The van der Waals surface area contributed by atoms with E-state index in [0.29, 0.717) is 41.8 Å². The predicted molar refractivity (Wildman–Crippen MR) is 158 cm³/mol. The van der Waals surface area contributed by atoms with Gasteiger partial charge in [-0.2, -0.15) is 0 Å². The number of esters is 1. The molecule has 8 nitrogen and oxygen atoms in total. The Morgan fingerprint density at radius 1 is 0.976 bits per heavy atom. The second kappa shape index (κ2) is 9.56. The van der Waals surface area contributed by atoms with Crippen LogP contribution in [0.5, 0.6) is 0 Å². The van der Waals surface area contributed by atoms with Gasteiger partial charge in [-0.05, 0) is 118 Å². The number of carbonyl (C=O) groups is 2. The van der Waals surface area contributed by atoms with Crippen LogP contribution in [0.4, 0.5) is 4.79 Å². The van der Waals surface area contributed by atoms with E-state index in [1.807, 2.05) is 0 Å². The van der Waals surface area contributed by atoms with Crippen LogP contribution in [0.2, 0.25) is 0 Å². The number of fused-ring (bicyclic) bond motifs is 4. The normalized spacial score (nSPS) is 47.7. The van der Waals surface area contributed by atoms with Crippen molar-refractivity contribution in [2.45, 2.75) is 142 Å². The predicted octanol–water partition coefficient (Wildman–Crippen LogP) is 5.64. The van der Waals surface area contributed by atoms with Gasteiger partial charge in [0.2, 0.25) is 0 Å². The molecule has 2 N–H and O–H groups in total. The molecule has 0 radical (unpaired) electrons. The van der Waals surface area contributed by atoms with Crippen molar-refractivity contribution < 1.29 is 35.1 Å². The van der Waals surface area contributed by atoms with Crippen molar-refractivity contribution in [3.8, 4) is 0 Å². The van der Waals surface area contributed by atoms with Crippen molar-refractivity contribution in [1.29, 1.82) is 0 Å². The fourth-order valence-electron chi connectivity index (χ4n) is 12.2. The maximum Gasteiger partial charge on any atom is 0.407 e. The lowest BCUT2D eigenvalue weighted by Gasteiger charge is -2.59. The van der Waals surface area contributed by atoms with Gasteiger partial charge in [-0.15, -0.1) is 0 Å². The topological polar surface area (TPSA) is 103 Å². The van der Waals surface area contributed by atoms with E-state index >= 15 is 0 Å². The molecule has 5 aliphatic carbocycles. The summed E-state index contributed by atoms with van der Waals surface area (Å²) in [4.78, 5) is 24.6. The van der Waals surface area contributed by atoms with E-state index in [-0.39, 0.29) is 48.7 Å². The van der Waals surface area contributed by atoms with E-state index in [4.69, 9.17) is 18.9 Å². The van der Waals surface area contributed by atoms with Crippen LogP contribution in [0.25, 0.3) is 0 Å². The Hall–Kier alpha value is -1.38. The molecular weight excluding hydrogens is 534 g/mol. The lowest BCUT2D eigenvalue weighted by Crippen LogP contribution is -2.56. The first kappa shape index (κ1) is 29.3. The molecule has 0 aromatic heterocycles. The Morgan fingerprint density at radius 3 is 2.38 bits per heavy atom. The molecule has 11 atom stereocenters. The van der Waals surface area contributed by atoms with E-state index < -0.39 is 11.7 Å². The van der Waals surface area contributed by atoms with E-state index in [2.05, 4.69) is 26.1 Å². The zero-order chi connectivity index (χ0) is 29.9. The van der Waals surface area contributed by atoms with Crippen molar-refractivity contribution >= 4 is 12.1 Å². The van der Waals surface area contributed by atoms with E-state index in [0.717, 1.165) is 31.6 Å². The highest BCUT2D eigenvalue weighted by atomic mass is 16.6. The molecule has 2 aliphatic heterocycles. The molecule has 2 heterocycles. The van der Waals surface area contributed by atoms with Gasteiger partial charge in [-0.3, -0.25) is 4.79 Å². The van der Waals surface area contributed by atoms with Crippen LogP contribution in [-0.4, -0.2) is 66.4 Å². The molecule has 2 saturated heterocycles. The minimum Gasteiger partial charge on any atom is -0.457 e. The van der Waals surface area contributed by atoms with E-state index in [9.17, 15) is 14.7 Å². The van der Waals surface area contributed by atoms with Crippen molar-refractivity contribution in [3.63, 3.8) is 0 Å². The number of rotatable bonds is 5. The fraction of sp³-hybridized carbons (Fsp3) is 0.941. The third kappa shape index (κ3) is 4.16. The van der Waals surface area contributed by atoms with Crippen LogP contribution in [0.1, 0.15) is 107 Å². The Morgan fingerprint density at radius 2 is 1.71 bits per heavy atom. The number of nitrogens with one attached hydrogen (secondary N) is 1. The largest absolute Gasteiger partial charge is 0.457 e. The monoisotopic (exact) mass is 589 g/mol. The summed E-state index contributed by atoms with van der Waals surface area (Å²) in [5, 5.41) is 13.8. The second-order valence-electron chi connectivity index (χ2n) is 16.8. The molecule has 1 amide bonds. The highest BCUT2D eigenvalue weighted by Crippen LogP contribution is 2.87. The fourth-order valence-corrected chi connectivity index (χ4v) is 12.2. The summed E-state index contributed by atoms with van der Waals surface area (Å²) >= 11 is 0. The molecule has 2 spiro atoms. The molecular formula is C34H55NO7. The average Bonchev–Trinajstić information content (AvgIpc) is 3.46. The van der Waals surface area contributed by atoms with Gasteiger partial charge < -0.3 is 29.4 Å². The molecule has 0 aromatic carbocycles. The van der Waals surface area contributed by atoms with Crippen LogP contribution in [0, 0.1) is 45.3 Å². The number of hydrogen-bond acceptors (Lipinski definition) is 7. The van der Waals surface area contributed by atoms with Gasteiger partial charge in [-0.25, -0.2) is 4.79 Å². The zero-order valence-electron chi connectivity index (χ0n) is 26.6. The van der Waals surface area contributed by atoms with Gasteiger partial charge in [0, 0.05) is 13.8 Å². The first-order valence-corrected chi connectivity index (χ1v) is 16.8. The highest BCUT2D eigenvalue weighted by Gasteiger charge is 2.81. The highest BCUT2D eigenvalue weighted by molar-refractivity contribution is 5.68. The average molecular weight is 590 g/mol. The number of aliphatic hydroxyl groups is 1. The number of hydrogen-bond donors (Lipinski definition) is 2. The quantitative estimate of drug-likeness (QED) is 0.401. The molecule has 7 fully saturated rings. The Bertz CT molecular complexity index is 1120. The van der Waals surface area contributed by atoms with Crippen LogP contribution in [0.3, 0.4) is 0 Å². The van der Waals surface area contributed by atoms with Crippen LogP contribution >= 0.6 is 0 Å². The molecule has 5 saturated carbocycles. The Labute approximate surface area is 252 Å². The summed E-state index contributed by atoms with van der Waals surface area (Å²) in [5.74, 6) is 2.14. The lowest BCUT2D eigenvalue weighted by atomic mass is 9.46. The summed E-state index contributed by atoms with van der Waals surface area (Å²) < 4.78 is 23.8. The van der Waals surface area contributed by atoms with Crippen LogP contribution in [-0.2, 0) is 23.7 Å². The molecule has 7 aliphatic rings. The number of alkyl carbamates (subject to hydrolysis) is 1. The third-order valence-electron chi connectivity index (χ3n) is 14.1. The van der Waals surface area contributed by atoms with Crippen molar-refractivity contribution in [3.05, 3.63) is 0 Å². The van der Waals surface area contributed by atoms with Gasteiger partial charge in [-0.1, -0.05) is 20.8 Å². The van der Waals surface area contributed by atoms with E-state index in [1.54, 1.807) is 13.8 Å². The van der Waals surface area contributed by atoms with Gasteiger partial charge in [0.15, 0.2) is 6.10 Å². The summed E-state index contributed by atoms with van der Waals surface area (Å²) in [6.45, 7) is 13.3. The molecule has 7 unspecified atom stereocenters. The minimum absolute atomic E-state index is 0. The minimum atomic E-state index is -1.15. The third-order valence-corrected chi connectivity index (χ3v) is 14.1. The SMILES string of the molecule is CC(=O)O[C@@H](C1CCC2C(CC3C4CCC5C(C)(C)[C@@H](OC(=O)NC6COC6)CCC56C[C@@]46CC[C@]23C)O1)C(C)(C)O.[HH]. The number of ether oxygens (including phenoxy) is 4. The van der Waals surface area contributed by atoms with Crippen LogP contribution < -0.4 is 5.32 Å². The summed E-state index contributed by atoms with van der Waals surface area (Å²) in [5.41, 5.74) is -0.0921. The van der Waals surface area contributed by atoms with Gasteiger partial charge in [0.1, 0.15) is 6.10 Å². The summed E-state index contributed by atoms with van der Waals surface area (Å²) in [6.07, 6.45) is 10.5. The molecule has 238 valence electrons. The molecule has 7 rings (SSSR count). The Balaban J connectivity index is 0.00000329. The maximum absolute atomic E-state index is 12.7. The van der Waals surface area contributed by atoms with Crippen LogP contribution in [0.15, 0.2) is 0 Å². The number of amides is 1. The second-order valence-corrected chi connectivity index (χ2v) is 16.8. The summed E-state index contributed by atoms with van der Waals surface area (Å²) in [7, 11) is 0. The molecule has 8 heteroatoms. The van der Waals surface area contributed by atoms with Crippen molar-refractivity contribution in [2.75, 3.05) is 13.2 Å². The van der Waals surface area contributed by atoms with E-state index in [1.165, 1.54) is 45.4 Å². The van der Waals surface area contributed by atoms with Crippen molar-refractivity contribution in [2.24, 2.45) is 45.3 Å². The number of carbonyl (C=O) groups excluding carboxylic acids is 2. The lowest BCUT2D eigenvalue weighted by molar-refractivity contribution is -0.200. The molecule has 0 aromatic rings. The standard InChI is InChI=1S/C34H53NO7.H2/c1-19(36)40-28(31(4,5)38)24-9-7-22-25(41-24)15-23-21-8-10-26-30(2,3)27(42-29(37)35-20-16-39-17-20)11-12-34(26)18-33(21,34)14-13-32(22,23)6;/h20-28,38H,7-18H2,1-6H3,(H,35,37);1H/t21?,22?,23?,24?,25?,26?,27-,28-,32+,33-,34?;/m0./s1. The van der Waals surface area contributed by atoms with Crippen molar-refractivity contribution in [1.82, 2.24) is 5.32 Å². The van der Waals surface area contributed by atoms with Gasteiger partial charge >= 0.3 is 12.1 Å². The molecule has 42 heavy (non-hydrogen) atoms. The molecule has 0 bridgehead atoms. The zero-order valence-corrected chi connectivity index (χ0v) is 26.6. The first-order chi connectivity index (χ1) is 19.7. The maximum atomic E-state index is 12.7. The summed E-state index contributed by atoms with van der Waals surface area (Å²) in [6, 6.07) is 0.0891. The first-order valence-electron chi connectivity index (χ1n) is 16.8. The van der Waals surface area contributed by atoms with Gasteiger partial charge in [0.25, 0.3) is 0 Å². The van der Waals surface area contributed by atoms with Gasteiger partial charge in [0.05, 0.1) is 37.1 Å². The smallest absolute Gasteiger partial charge is 0.407 e. The Kier molecular flexibility index (Phi) is 6.68.